The molecule has 1 aromatic carbocycles. The van der Waals surface area contributed by atoms with Crippen molar-refractivity contribution in [2.24, 2.45) is 0 Å². The Hall–Kier alpha value is -1.51. The maximum Gasteiger partial charge on any atom is 0.106 e. The predicted octanol–water partition coefficient (Wildman–Crippen LogP) is 1.95. The van der Waals surface area contributed by atoms with Gasteiger partial charge < -0.3 is 10.3 Å². The Balaban J connectivity index is 2.88. The van der Waals surface area contributed by atoms with Gasteiger partial charge in [0.15, 0.2) is 0 Å². The minimum atomic E-state index is 0.806. The number of aryl methyl sites for hydroxylation is 2. The molecule has 68 valence electrons. The molecule has 1 aromatic heterocycles. The first kappa shape index (κ1) is 8.10. The van der Waals surface area contributed by atoms with Crippen LogP contribution in [0.25, 0.3) is 11.0 Å². The monoisotopic (exact) mass is 175 g/mol. The number of nitrogen functional groups attached to an aromatic ring is 1. The highest BCUT2D eigenvalue weighted by Gasteiger charge is 2.07. The zero-order chi connectivity index (χ0) is 9.42. The summed E-state index contributed by atoms with van der Waals surface area (Å²) >= 11 is 0. The van der Waals surface area contributed by atoms with Crippen molar-refractivity contribution in [3.8, 4) is 0 Å². The molecule has 3 nitrogen and oxygen atoms in total. The van der Waals surface area contributed by atoms with Crippen LogP contribution < -0.4 is 5.73 Å². The largest absolute Gasteiger partial charge is 0.397 e. The summed E-state index contributed by atoms with van der Waals surface area (Å²) < 4.78 is 2.13. The molecule has 0 aliphatic heterocycles. The molecule has 13 heavy (non-hydrogen) atoms. The number of hydrogen-bond donors (Lipinski definition) is 1. The Bertz CT molecular complexity index is 443. The third-order valence-electron chi connectivity index (χ3n) is 2.30. The first-order chi connectivity index (χ1) is 6.24. The van der Waals surface area contributed by atoms with Gasteiger partial charge in [-0.05, 0) is 26.0 Å². The fourth-order valence-corrected chi connectivity index (χ4v) is 1.72. The van der Waals surface area contributed by atoms with Gasteiger partial charge in [-0.1, -0.05) is 6.07 Å². The fraction of sp³-hybridized carbons (Fsp3) is 0.300. The lowest BCUT2D eigenvalue weighted by Crippen LogP contribution is -1.98. The van der Waals surface area contributed by atoms with Crippen LogP contribution in [-0.4, -0.2) is 9.55 Å². The number of imidazole rings is 1. The molecule has 0 saturated heterocycles. The number of para-hydroxylation sites is 1. The van der Waals surface area contributed by atoms with E-state index in [2.05, 4.69) is 16.5 Å². The van der Waals surface area contributed by atoms with Crippen molar-refractivity contribution in [2.75, 3.05) is 5.73 Å². The van der Waals surface area contributed by atoms with Crippen LogP contribution in [0.4, 0.5) is 5.69 Å². The molecule has 0 fully saturated rings. The number of anilines is 1. The Morgan fingerprint density at radius 3 is 2.92 bits per heavy atom. The topological polar surface area (TPSA) is 43.8 Å². The molecule has 0 amide bonds. The number of nitrogens with zero attached hydrogens (tertiary/aromatic N) is 2. The molecule has 2 rings (SSSR count). The van der Waals surface area contributed by atoms with Gasteiger partial charge in [-0.3, -0.25) is 0 Å². The van der Waals surface area contributed by atoms with E-state index in [0.717, 1.165) is 29.1 Å². The Morgan fingerprint density at radius 2 is 2.23 bits per heavy atom. The lowest BCUT2D eigenvalue weighted by atomic mass is 10.3. The van der Waals surface area contributed by atoms with Crippen molar-refractivity contribution in [1.29, 1.82) is 0 Å². The summed E-state index contributed by atoms with van der Waals surface area (Å²) in [6.45, 7) is 5.01. The average Bonchev–Trinajstić information content (AvgIpc) is 2.42. The molecular weight excluding hydrogens is 162 g/mol. The van der Waals surface area contributed by atoms with Crippen LogP contribution in [0.5, 0.6) is 0 Å². The van der Waals surface area contributed by atoms with Gasteiger partial charge in [0, 0.05) is 6.54 Å². The van der Waals surface area contributed by atoms with E-state index in [0.29, 0.717) is 0 Å². The molecule has 2 N–H and O–H groups in total. The number of benzene rings is 1. The van der Waals surface area contributed by atoms with Crippen molar-refractivity contribution >= 4 is 16.7 Å². The van der Waals surface area contributed by atoms with E-state index in [1.165, 1.54) is 0 Å². The SMILES string of the molecule is CCn1c(C)nc2cccc(N)c21. The standard InChI is InChI=1S/C10H13N3/c1-3-13-7(2)12-9-6-4-5-8(11)10(9)13/h4-6H,3,11H2,1-2H3. The first-order valence-corrected chi connectivity index (χ1v) is 4.45. The van der Waals surface area contributed by atoms with Crippen molar-refractivity contribution in [1.82, 2.24) is 9.55 Å². The summed E-state index contributed by atoms with van der Waals surface area (Å²) in [5.41, 5.74) is 8.73. The summed E-state index contributed by atoms with van der Waals surface area (Å²) in [6, 6.07) is 5.84. The molecule has 0 aliphatic carbocycles. The fourth-order valence-electron chi connectivity index (χ4n) is 1.72. The molecule has 0 unspecified atom stereocenters. The molecule has 0 bridgehead atoms. The Labute approximate surface area is 77.2 Å². The van der Waals surface area contributed by atoms with Gasteiger partial charge in [0.25, 0.3) is 0 Å². The molecule has 0 saturated carbocycles. The maximum absolute atomic E-state index is 5.89. The summed E-state index contributed by atoms with van der Waals surface area (Å²) in [6.07, 6.45) is 0. The molecule has 0 spiro atoms. The molecular formula is C10H13N3. The van der Waals surface area contributed by atoms with Crippen molar-refractivity contribution < 1.29 is 0 Å². The molecule has 0 aliphatic rings. The van der Waals surface area contributed by atoms with Crippen LogP contribution in [0.1, 0.15) is 12.7 Å². The minimum Gasteiger partial charge on any atom is -0.397 e. The minimum absolute atomic E-state index is 0.806. The smallest absolute Gasteiger partial charge is 0.106 e. The molecule has 3 heteroatoms. The second-order valence-electron chi connectivity index (χ2n) is 3.12. The van der Waals surface area contributed by atoms with Crippen molar-refractivity contribution in [3.05, 3.63) is 24.0 Å². The van der Waals surface area contributed by atoms with Crippen LogP contribution in [-0.2, 0) is 6.54 Å². The number of rotatable bonds is 1. The Morgan fingerprint density at radius 1 is 1.46 bits per heavy atom. The molecule has 1 heterocycles. The molecule has 0 radical (unpaired) electrons. The van der Waals surface area contributed by atoms with E-state index < -0.39 is 0 Å². The van der Waals surface area contributed by atoms with Crippen LogP contribution >= 0.6 is 0 Å². The van der Waals surface area contributed by atoms with Crippen molar-refractivity contribution in [3.63, 3.8) is 0 Å². The first-order valence-electron chi connectivity index (χ1n) is 4.45. The van der Waals surface area contributed by atoms with Gasteiger partial charge in [0.2, 0.25) is 0 Å². The van der Waals surface area contributed by atoms with Crippen LogP contribution in [0.3, 0.4) is 0 Å². The summed E-state index contributed by atoms with van der Waals surface area (Å²) in [4.78, 5) is 4.43. The van der Waals surface area contributed by atoms with Gasteiger partial charge in [-0.2, -0.15) is 0 Å². The quantitative estimate of drug-likeness (QED) is 0.673. The van der Waals surface area contributed by atoms with E-state index in [1.807, 2.05) is 25.1 Å². The second kappa shape index (κ2) is 2.76. The third kappa shape index (κ3) is 1.08. The van der Waals surface area contributed by atoms with Gasteiger partial charge >= 0.3 is 0 Å². The zero-order valence-electron chi connectivity index (χ0n) is 7.91. The Kier molecular flexibility index (Phi) is 1.72. The highest BCUT2D eigenvalue weighted by atomic mass is 15.1. The average molecular weight is 175 g/mol. The molecule has 0 atom stereocenters. The van der Waals surface area contributed by atoms with Gasteiger partial charge in [-0.15, -0.1) is 0 Å². The lowest BCUT2D eigenvalue weighted by molar-refractivity contribution is 0.754. The van der Waals surface area contributed by atoms with Gasteiger partial charge in [0.1, 0.15) is 5.82 Å². The van der Waals surface area contributed by atoms with E-state index >= 15 is 0 Å². The number of nitrogens with two attached hydrogens (primary N) is 1. The van der Waals surface area contributed by atoms with Crippen molar-refractivity contribution in [2.45, 2.75) is 20.4 Å². The van der Waals surface area contributed by atoms with E-state index in [-0.39, 0.29) is 0 Å². The summed E-state index contributed by atoms with van der Waals surface area (Å²) in [5.74, 6) is 1.02. The van der Waals surface area contributed by atoms with Crippen LogP contribution in [0, 0.1) is 6.92 Å². The van der Waals surface area contributed by atoms with Crippen LogP contribution in [0.2, 0.25) is 0 Å². The lowest BCUT2D eigenvalue weighted by Gasteiger charge is -2.03. The maximum atomic E-state index is 5.89. The summed E-state index contributed by atoms with van der Waals surface area (Å²) in [5, 5.41) is 0. The van der Waals surface area contributed by atoms with E-state index in [9.17, 15) is 0 Å². The molecule has 2 aromatic rings. The second-order valence-corrected chi connectivity index (χ2v) is 3.12. The van der Waals surface area contributed by atoms with Gasteiger partial charge in [-0.25, -0.2) is 4.98 Å². The third-order valence-corrected chi connectivity index (χ3v) is 2.30. The normalized spacial score (nSPS) is 10.9. The number of hydrogen-bond acceptors (Lipinski definition) is 2. The number of aromatic nitrogens is 2. The zero-order valence-corrected chi connectivity index (χ0v) is 7.91. The van der Waals surface area contributed by atoms with Gasteiger partial charge in [0.05, 0.1) is 16.7 Å². The van der Waals surface area contributed by atoms with E-state index in [1.54, 1.807) is 0 Å². The highest BCUT2D eigenvalue weighted by molar-refractivity contribution is 5.87. The summed E-state index contributed by atoms with van der Waals surface area (Å²) in [7, 11) is 0. The predicted molar refractivity (Wildman–Crippen MR) is 54.6 cm³/mol. The van der Waals surface area contributed by atoms with Crippen LogP contribution in [0.15, 0.2) is 18.2 Å². The van der Waals surface area contributed by atoms with E-state index in [4.69, 9.17) is 5.73 Å². The number of fused-ring (bicyclic) bond motifs is 1. The highest BCUT2D eigenvalue weighted by Crippen LogP contribution is 2.21.